The van der Waals surface area contributed by atoms with Gasteiger partial charge in [-0.3, -0.25) is 9.69 Å². The van der Waals surface area contributed by atoms with Crippen molar-refractivity contribution in [3.63, 3.8) is 0 Å². The third kappa shape index (κ3) is 7.23. The molecule has 1 aliphatic rings. The quantitative estimate of drug-likeness (QED) is 0.217. The van der Waals surface area contributed by atoms with Gasteiger partial charge >= 0.3 is 12.4 Å². The minimum absolute atomic E-state index is 0.166. The highest BCUT2D eigenvalue weighted by atomic mass is 32.2. The van der Waals surface area contributed by atoms with E-state index < -0.39 is 12.4 Å². The van der Waals surface area contributed by atoms with Crippen molar-refractivity contribution < 1.29 is 27.5 Å². The van der Waals surface area contributed by atoms with Gasteiger partial charge in [0.15, 0.2) is 11.0 Å². The normalized spacial score (nSPS) is 14.5. The van der Waals surface area contributed by atoms with E-state index in [-0.39, 0.29) is 22.6 Å². The van der Waals surface area contributed by atoms with Gasteiger partial charge < -0.3 is 9.64 Å². The van der Waals surface area contributed by atoms with E-state index in [2.05, 4.69) is 30.3 Å². The van der Waals surface area contributed by atoms with Crippen LogP contribution >= 0.6 is 11.8 Å². The number of aliphatic imine (C=N–C) groups is 1. The summed E-state index contributed by atoms with van der Waals surface area (Å²) in [7, 11) is 3.75. The van der Waals surface area contributed by atoms with Gasteiger partial charge in [0.2, 0.25) is 5.91 Å². The molecule has 3 aromatic carbocycles. The highest BCUT2D eigenvalue weighted by molar-refractivity contribution is 8.15. The van der Waals surface area contributed by atoms with E-state index in [1.807, 2.05) is 44.1 Å². The molecule has 4 aromatic rings. The van der Waals surface area contributed by atoms with Gasteiger partial charge in [-0.15, -0.1) is 18.3 Å². The van der Waals surface area contributed by atoms with E-state index in [1.165, 1.54) is 58.2 Å². The summed E-state index contributed by atoms with van der Waals surface area (Å²) in [5.41, 5.74) is 6.64. The molecule has 5 rings (SSSR count). The number of halogens is 3. The monoisotopic (exact) mass is 622 g/mol. The van der Waals surface area contributed by atoms with Crippen LogP contribution in [-0.2, 0) is 4.79 Å². The van der Waals surface area contributed by atoms with E-state index in [0.717, 1.165) is 11.3 Å². The first-order valence-corrected chi connectivity index (χ1v) is 14.0. The third-order valence-electron chi connectivity index (χ3n) is 6.19. The Bertz CT molecular complexity index is 1740. The van der Waals surface area contributed by atoms with Crippen molar-refractivity contribution in [2.24, 2.45) is 10.1 Å². The molecule has 2 heterocycles. The zero-order valence-corrected chi connectivity index (χ0v) is 24.4. The largest absolute Gasteiger partial charge is 0.573 e. The van der Waals surface area contributed by atoms with Gasteiger partial charge in [0.25, 0.3) is 0 Å². The molecule has 226 valence electrons. The van der Waals surface area contributed by atoms with E-state index in [4.69, 9.17) is 0 Å². The maximum atomic E-state index is 12.7. The van der Waals surface area contributed by atoms with Crippen LogP contribution in [0.1, 0.15) is 11.1 Å². The van der Waals surface area contributed by atoms with Gasteiger partial charge in [-0.25, -0.2) is 19.9 Å². The standard InChI is InChI=1S/C29H25F3N8O3S/c1-18-4-13-23(38(2)3)24(14-18)40-25(41)16-44-28(40)35-27(42)36-34-15-19-5-7-20(8-6-19)26-33-17-39(37-26)21-9-11-22(12-10-21)43-29(30,31)32/h4-15,17H,16H2,1-3H3,(H,36,42)/b34-15+,35-28?. The summed E-state index contributed by atoms with van der Waals surface area (Å²) in [6, 6.07) is 17.3. The number of anilines is 2. The molecule has 44 heavy (non-hydrogen) atoms. The Balaban J connectivity index is 1.21. The zero-order chi connectivity index (χ0) is 31.4. The van der Waals surface area contributed by atoms with Crippen molar-refractivity contribution in [1.82, 2.24) is 20.2 Å². The number of amidine groups is 1. The van der Waals surface area contributed by atoms with Crippen LogP contribution in [0.5, 0.6) is 5.75 Å². The molecule has 1 fully saturated rings. The van der Waals surface area contributed by atoms with Gasteiger partial charge in [-0.2, -0.15) is 10.1 Å². The molecule has 11 nitrogen and oxygen atoms in total. The average Bonchev–Trinajstić information content (AvgIpc) is 3.60. The number of amides is 3. The van der Waals surface area contributed by atoms with E-state index >= 15 is 0 Å². The molecule has 0 atom stereocenters. The lowest BCUT2D eigenvalue weighted by Gasteiger charge is -2.24. The number of rotatable bonds is 7. The van der Waals surface area contributed by atoms with Crippen LogP contribution in [0, 0.1) is 6.92 Å². The molecule has 0 spiro atoms. The van der Waals surface area contributed by atoms with Gasteiger partial charge in [-0.1, -0.05) is 42.1 Å². The van der Waals surface area contributed by atoms with E-state index in [0.29, 0.717) is 28.3 Å². The average molecular weight is 623 g/mol. The number of hydrogen-bond acceptors (Lipinski definition) is 8. The molecule has 0 saturated carbocycles. The molecular formula is C29H25F3N8O3S. The summed E-state index contributed by atoms with van der Waals surface area (Å²) in [5, 5.41) is 8.61. The van der Waals surface area contributed by atoms with Crippen LogP contribution in [0.4, 0.5) is 29.3 Å². The van der Waals surface area contributed by atoms with Crippen molar-refractivity contribution in [3.8, 4) is 22.8 Å². The van der Waals surface area contributed by atoms with Crippen molar-refractivity contribution in [1.29, 1.82) is 0 Å². The number of alkyl halides is 3. The number of aromatic nitrogens is 3. The number of urea groups is 1. The fourth-order valence-electron chi connectivity index (χ4n) is 4.18. The number of benzene rings is 3. The first kappa shape index (κ1) is 30.3. The molecule has 1 saturated heterocycles. The van der Waals surface area contributed by atoms with Crippen LogP contribution < -0.4 is 20.0 Å². The van der Waals surface area contributed by atoms with Crippen molar-refractivity contribution in [2.45, 2.75) is 13.3 Å². The minimum Gasteiger partial charge on any atom is -0.406 e. The van der Waals surface area contributed by atoms with Crippen LogP contribution in [0.25, 0.3) is 17.1 Å². The van der Waals surface area contributed by atoms with E-state index in [9.17, 15) is 22.8 Å². The lowest BCUT2D eigenvalue weighted by atomic mass is 10.1. The zero-order valence-electron chi connectivity index (χ0n) is 23.6. The fraction of sp³-hybridized carbons (Fsp3) is 0.172. The number of ether oxygens (including phenoxy) is 1. The topological polar surface area (TPSA) is 117 Å². The maximum absolute atomic E-state index is 12.7. The Kier molecular flexibility index (Phi) is 8.66. The Morgan fingerprint density at radius 3 is 2.50 bits per heavy atom. The predicted octanol–water partition coefficient (Wildman–Crippen LogP) is 5.39. The highest BCUT2D eigenvalue weighted by Crippen LogP contribution is 2.35. The van der Waals surface area contributed by atoms with Crippen LogP contribution in [0.2, 0.25) is 0 Å². The second-order valence-corrected chi connectivity index (χ2v) is 10.6. The number of hydrazone groups is 1. The molecule has 0 bridgehead atoms. The fourth-order valence-corrected chi connectivity index (χ4v) is 5.04. The first-order valence-electron chi connectivity index (χ1n) is 13.0. The Hall–Kier alpha value is -5.18. The lowest BCUT2D eigenvalue weighted by molar-refractivity contribution is -0.274. The number of nitrogens with one attached hydrogen (secondary N) is 1. The molecule has 0 unspecified atom stereocenters. The number of thioether (sulfide) groups is 1. The first-order chi connectivity index (χ1) is 21.0. The molecule has 3 amide bonds. The van der Waals surface area contributed by atoms with Crippen molar-refractivity contribution >= 4 is 46.5 Å². The van der Waals surface area contributed by atoms with Crippen molar-refractivity contribution in [3.05, 3.63) is 84.2 Å². The number of carbonyl (C=O) groups excluding carboxylic acids is 2. The van der Waals surface area contributed by atoms with Gasteiger partial charge in [0, 0.05) is 19.7 Å². The number of aryl methyl sites for hydroxylation is 1. The second kappa shape index (κ2) is 12.6. The van der Waals surface area contributed by atoms with Crippen LogP contribution in [0.15, 0.2) is 83.2 Å². The second-order valence-electron chi connectivity index (χ2n) is 9.65. The molecule has 0 radical (unpaired) electrons. The van der Waals surface area contributed by atoms with Crippen LogP contribution in [0.3, 0.4) is 0 Å². The maximum Gasteiger partial charge on any atom is 0.573 e. The minimum atomic E-state index is -4.77. The number of nitrogens with zero attached hydrogens (tertiary/aromatic N) is 7. The summed E-state index contributed by atoms with van der Waals surface area (Å²) in [4.78, 5) is 36.9. The SMILES string of the molecule is Cc1ccc(N(C)C)c(N2C(=O)CSC2=NC(=O)N/N=C/c2ccc(-c3ncn(-c4ccc(OC(F)(F)F)cc4)n3)cc2)c1. The smallest absolute Gasteiger partial charge is 0.406 e. The Morgan fingerprint density at radius 2 is 1.82 bits per heavy atom. The molecule has 1 aliphatic heterocycles. The highest BCUT2D eigenvalue weighted by Gasteiger charge is 2.33. The molecule has 1 N–H and O–H groups in total. The summed E-state index contributed by atoms with van der Waals surface area (Å²) in [6.45, 7) is 1.92. The molecular weight excluding hydrogens is 597 g/mol. The summed E-state index contributed by atoms with van der Waals surface area (Å²) in [5.74, 6) is 0.0515. The third-order valence-corrected chi connectivity index (χ3v) is 7.11. The summed E-state index contributed by atoms with van der Waals surface area (Å²) < 4.78 is 42.5. The number of hydrogen-bond donors (Lipinski definition) is 1. The molecule has 1 aromatic heterocycles. The molecule has 15 heteroatoms. The van der Waals surface area contributed by atoms with Gasteiger partial charge in [-0.05, 0) is 54.4 Å². The number of carbonyl (C=O) groups is 2. The Morgan fingerprint density at radius 1 is 1.09 bits per heavy atom. The van der Waals surface area contributed by atoms with Gasteiger partial charge in [0.1, 0.15) is 12.1 Å². The summed E-state index contributed by atoms with van der Waals surface area (Å²) >= 11 is 1.18. The Labute approximate surface area is 254 Å². The molecule has 0 aliphatic carbocycles. The van der Waals surface area contributed by atoms with Crippen molar-refractivity contribution in [2.75, 3.05) is 29.6 Å². The van der Waals surface area contributed by atoms with E-state index in [1.54, 1.807) is 24.3 Å². The van der Waals surface area contributed by atoms with Crippen LogP contribution in [-0.4, -0.2) is 64.3 Å². The van der Waals surface area contributed by atoms with Gasteiger partial charge in [0.05, 0.1) is 29.0 Å². The summed E-state index contributed by atoms with van der Waals surface area (Å²) in [6.07, 6.45) is -1.89. The lowest BCUT2D eigenvalue weighted by Crippen LogP contribution is -2.32. The predicted molar refractivity (Wildman–Crippen MR) is 162 cm³/mol.